The quantitative estimate of drug-likeness (QED) is 0.760. The number of aryl methyl sites for hydroxylation is 1. The number of aromatic nitrogens is 2. The molecule has 5 nitrogen and oxygen atoms in total. The van der Waals surface area contributed by atoms with Gasteiger partial charge in [0.05, 0.1) is 13.1 Å². The molecule has 0 aliphatic heterocycles. The van der Waals surface area contributed by atoms with Crippen LogP contribution >= 0.6 is 0 Å². The van der Waals surface area contributed by atoms with E-state index < -0.39 is 0 Å². The molecule has 16 heavy (non-hydrogen) atoms. The van der Waals surface area contributed by atoms with Crippen LogP contribution in [0.2, 0.25) is 0 Å². The smallest absolute Gasteiger partial charge is 0.234 e. The summed E-state index contributed by atoms with van der Waals surface area (Å²) in [7, 11) is 1.96. The number of hydrogen-bond donors (Lipinski definition) is 1. The Morgan fingerprint density at radius 3 is 2.81 bits per heavy atom. The minimum absolute atomic E-state index is 0.0681. The molecule has 0 bridgehead atoms. The van der Waals surface area contributed by atoms with Crippen molar-refractivity contribution in [1.29, 1.82) is 0 Å². The van der Waals surface area contributed by atoms with Gasteiger partial charge in [-0.05, 0) is 13.5 Å². The summed E-state index contributed by atoms with van der Waals surface area (Å²) < 4.78 is 1.97. The molecule has 1 rings (SSSR count). The van der Waals surface area contributed by atoms with Crippen molar-refractivity contribution in [3.05, 3.63) is 18.2 Å². The second kappa shape index (κ2) is 6.27. The van der Waals surface area contributed by atoms with Crippen LogP contribution in [-0.4, -0.2) is 40.0 Å². The van der Waals surface area contributed by atoms with Crippen LogP contribution in [0.15, 0.2) is 12.4 Å². The fourth-order valence-corrected chi connectivity index (χ4v) is 1.48. The Kier molecular flexibility index (Phi) is 4.98. The van der Waals surface area contributed by atoms with E-state index in [0.29, 0.717) is 19.6 Å². The van der Waals surface area contributed by atoms with Gasteiger partial charge in [0.1, 0.15) is 5.82 Å². The average Bonchev–Trinajstić information content (AvgIpc) is 2.64. The minimum atomic E-state index is 0.0681. The first-order valence-corrected chi connectivity index (χ1v) is 5.62. The monoisotopic (exact) mass is 224 g/mol. The predicted molar refractivity (Wildman–Crippen MR) is 62.8 cm³/mol. The van der Waals surface area contributed by atoms with Gasteiger partial charge in [0.15, 0.2) is 0 Å². The molecule has 0 saturated heterocycles. The van der Waals surface area contributed by atoms with Crippen LogP contribution in [0.25, 0.3) is 0 Å². The highest BCUT2D eigenvalue weighted by atomic mass is 16.2. The molecule has 1 N–H and O–H groups in total. The molecule has 0 saturated carbocycles. The van der Waals surface area contributed by atoms with Crippen LogP contribution in [0.4, 0.5) is 0 Å². The molecule has 90 valence electrons. The van der Waals surface area contributed by atoms with Crippen molar-refractivity contribution in [2.24, 2.45) is 7.05 Å². The number of likely N-dealkylation sites (N-methyl/N-ethyl adjacent to an activating group) is 2. The lowest BCUT2D eigenvalue weighted by molar-refractivity contribution is -0.122. The van der Waals surface area contributed by atoms with Crippen molar-refractivity contribution in [2.45, 2.75) is 20.4 Å². The number of hydrogen-bond acceptors (Lipinski definition) is 3. The van der Waals surface area contributed by atoms with Gasteiger partial charge in [0.25, 0.3) is 0 Å². The van der Waals surface area contributed by atoms with Crippen molar-refractivity contribution in [2.75, 3.05) is 19.6 Å². The van der Waals surface area contributed by atoms with Crippen molar-refractivity contribution < 1.29 is 4.79 Å². The summed E-state index contributed by atoms with van der Waals surface area (Å²) in [5.41, 5.74) is 0. The first kappa shape index (κ1) is 12.7. The summed E-state index contributed by atoms with van der Waals surface area (Å²) in [5, 5.41) is 2.80. The van der Waals surface area contributed by atoms with Crippen LogP contribution in [0.3, 0.4) is 0 Å². The van der Waals surface area contributed by atoms with Gasteiger partial charge >= 0.3 is 0 Å². The Hall–Kier alpha value is -1.36. The zero-order chi connectivity index (χ0) is 12.0. The van der Waals surface area contributed by atoms with E-state index in [0.717, 1.165) is 12.4 Å². The summed E-state index contributed by atoms with van der Waals surface area (Å²) in [5.74, 6) is 1.05. The lowest BCUT2D eigenvalue weighted by Gasteiger charge is -2.19. The van der Waals surface area contributed by atoms with Gasteiger partial charge in [-0.1, -0.05) is 6.92 Å². The van der Waals surface area contributed by atoms with Crippen molar-refractivity contribution in [3.8, 4) is 0 Å². The summed E-state index contributed by atoms with van der Waals surface area (Å²) in [4.78, 5) is 17.8. The third kappa shape index (κ3) is 3.66. The summed E-state index contributed by atoms with van der Waals surface area (Å²) in [6.07, 6.45) is 3.69. The van der Waals surface area contributed by atoms with Crippen molar-refractivity contribution >= 4 is 5.91 Å². The molecule has 0 atom stereocenters. The highest BCUT2D eigenvalue weighted by Crippen LogP contribution is 2.00. The van der Waals surface area contributed by atoms with Crippen molar-refractivity contribution in [1.82, 2.24) is 19.8 Å². The molecule has 0 unspecified atom stereocenters. The normalized spacial score (nSPS) is 10.8. The number of nitrogens with zero attached hydrogens (tertiary/aromatic N) is 3. The van der Waals surface area contributed by atoms with Gasteiger partial charge < -0.3 is 9.88 Å². The first-order valence-electron chi connectivity index (χ1n) is 5.62. The fraction of sp³-hybridized carbons (Fsp3) is 0.636. The third-order valence-electron chi connectivity index (χ3n) is 2.47. The molecular formula is C11H20N4O. The highest BCUT2D eigenvalue weighted by molar-refractivity contribution is 5.77. The van der Waals surface area contributed by atoms with Crippen molar-refractivity contribution in [3.63, 3.8) is 0 Å². The van der Waals surface area contributed by atoms with E-state index >= 15 is 0 Å². The molecular weight excluding hydrogens is 204 g/mol. The molecule has 0 spiro atoms. The molecule has 0 aliphatic rings. The van der Waals surface area contributed by atoms with Crippen LogP contribution in [-0.2, 0) is 18.4 Å². The molecule has 0 aliphatic carbocycles. The maximum absolute atomic E-state index is 11.4. The average molecular weight is 224 g/mol. The third-order valence-corrected chi connectivity index (χ3v) is 2.47. The van der Waals surface area contributed by atoms with E-state index in [9.17, 15) is 4.79 Å². The molecule has 1 aromatic rings. The molecule has 0 fully saturated rings. The SMILES string of the molecule is CCNC(=O)CN(CC)Cc1nccn1C. The number of carbonyl (C=O) groups is 1. The van der Waals surface area contributed by atoms with Gasteiger partial charge in [-0.2, -0.15) is 0 Å². The standard InChI is InChI=1S/C11H20N4O/c1-4-12-11(16)9-15(5-2)8-10-13-6-7-14(10)3/h6-7H,4-5,8-9H2,1-3H3,(H,12,16). The lowest BCUT2D eigenvalue weighted by Crippen LogP contribution is -2.37. The van der Waals surface area contributed by atoms with Crippen LogP contribution in [0.5, 0.6) is 0 Å². The van der Waals surface area contributed by atoms with E-state index in [4.69, 9.17) is 0 Å². The number of imidazole rings is 1. The lowest BCUT2D eigenvalue weighted by atomic mass is 10.4. The van der Waals surface area contributed by atoms with Gasteiger partial charge in [0, 0.05) is 26.0 Å². The summed E-state index contributed by atoms with van der Waals surface area (Å²) >= 11 is 0. The van der Waals surface area contributed by atoms with Gasteiger partial charge in [-0.3, -0.25) is 9.69 Å². The Labute approximate surface area is 96.5 Å². The second-order valence-electron chi connectivity index (χ2n) is 3.71. The zero-order valence-corrected chi connectivity index (χ0v) is 10.2. The minimum Gasteiger partial charge on any atom is -0.355 e. The van der Waals surface area contributed by atoms with Gasteiger partial charge in [-0.15, -0.1) is 0 Å². The number of carbonyl (C=O) groups excluding carboxylic acids is 1. The molecule has 1 aromatic heterocycles. The van der Waals surface area contributed by atoms with E-state index in [-0.39, 0.29) is 5.91 Å². The van der Waals surface area contributed by atoms with E-state index in [1.165, 1.54) is 0 Å². The van der Waals surface area contributed by atoms with Gasteiger partial charge in [-0.25, -0.2) is 4.98 Å². The number of rotatable bonds is 6. The fourth-order valence-electron chi connectivity index (χ4n) is 1.48. The number of nitrogens with one attached hydrogen (secondary N) is 1. The molecule has 1 amide bonds. The predicted octanol–water partition coefficient (Wildman–Crippen LogP) is 0.378. The molecule has 1 heterocycles. The topological polar surface area (TPSA) is 50.2 Å². The highest BCUT2D eigenvalue weighted by Gasteiger charge is 2.10. The zero-order valence-electron chi connectivity index (χ0n) is 10.2. The van der Waals surface area contributed by atoms with E-state index in [1.54, 1.807) is 6.20 Å². The Morgan fingerprint density at radius 2 is 2.31 bits per heavy atom. The Morgan fingerprint density at radius 1 is 1.56 bits per heavy atom. The van der Waals surface area contributed by atoms with Gasteiger partial charge in [0.2, 0.25) is 5.91 Å². The summed E-state index contributed by atoms with van der Waals surface area (Å²) in [6.45, 7) is 6.62. The summed E-state index contributed by atoms with van der Waals surface area (Å²) in [6, 6.07) is 0. The van der Waals surface area contributed by atoms with Crippen LogP contribution in [0.1, 0.15) is 19.7 Å². The van der Waals surface area contributed by atoms with E-state index in [2.05, 4.69) is 15.2 Å². The maximum Gasteiger partial charge on any atom is 0.234 e. The first-order chi connectivity index (χ1) is 7.67. The number of amides is 1. The molecule has 0 aromatic carbocycles. The molecule has 0 radical (unpaired) electrons. The Bertz CT molecular complexity index is 334. The van der Waals surface area contributed by atoms with Crippen LogP contribution in [0, 0.1) is 0 Å². The van der Waals surface area contributed by atoms with E-state index in [1.807, 2.05) is 31.7 Å². The maximum atomic E-state index is 11.4. The van der Waals surface area contributed by atoms with Crippen LogP contribution < -0.4 is 5.32 Å². The largest absolute Gasteiger partial charge is 0.355 e. The Balaban J connectivity index is 2.49. The second-order valence-corrected chi connectivity index (χ2v) is 3.71. The molecule has 5 heteroatoms.